The fraction of sp³-hybridized carbons (Fsp3) is 0.417. The van der Waals surface area contributed by atoms with Gasteiger partial charge in [0, 0.05) is 46.4 Å². The third kappa shape index (κ3) is 6.53. The molecule has 14 nitrogen and oxygen atoms in total. The minimum Gasteiger partial charge on any atom is -0.383 e. The highest BCUT2D eigenvalue weighted by Crippen LogP contribution is 2.61. The Hall–Kier alpha value is -6.12. The van der Waals surface area contributed by atoms with Crippen LogP contribution >= 0.6 is 0 Å². The Kier molecular flexibility index (Phi) is 8.62. The molecule has 62 heavy (non-hydrogen) atoms. The molecule has 6 atom stereocenters. The molecule has 0 spiro atoms. The lowest BCUT2D eigenvalue weighted by molar-refractivity contribution is 0.0706. The van der Waals surface area contributed by atoms with Crippen molar-refractivity contribution in [2.24, 2.45) is 11.8 Å². The Labute approximate surface area is 358 Å². The van der Waals surface area contributed by atoms with E-state index in [2.05, 4.69) is 44.2 Å². The number of hydrogen-bond acceptors (Lipinski definition) is 12. The highest BCUT2D eigenvalue weighted by molar-refractivity contribution is 5.98. The Morgan fingerprint density at radius 2 is 1.21 bits per heavy atom. The Morgan fingerprint density at radius 3 is 1.74 bits per heavy atom. The molecule has 4 unspecified atom stereocenters. The topological polar surface area (TPSA) is 188 Å². The minimum atomic E-state index is -0.152. The molecule has 4 aliphatic carbocycles. The van der Waals surface area contributed by atoms with Crippen molar-refractivity contribution in [1.29, 1.82) is 0 Å². The summed E-state index contributed by atoms with van der Waals surface area (Å²) in [5, 5.41) is 1.72. The van der Waals surface area contributed by atoms with E-state index >= 15 is 0 Å². The fourth-order valence-corrected chi connectivity index (χ4v) is 10.3. The van der Waals surface area contributed by atoms with E-state index in [1.165, 1.54) is 24.0 Å². The molecule has 0 saturated heterocycles. The quantitative estimate of drug-likeness (QED) is 0.134. The zero-order valence-corrected chi connectivity index (χ0v) is 34.8. The highest BCUT2D eigenvalue weighted by Gasteiger charge is 2.57. The number of rotatable bonds is 11. The van der Waals surface area contributed by atoms with Gasteiger partial charge in [0.2, 0.25) is 0 Å². The van der Waals surface area contributed by atoms with Crippen molar-refractivity contribution in [1.82, 2.24) is 39.7 Å². The van der Waals surface area contributed by atoms with Crippen molar-refractivity contribution in [2.45, 2.75) is 115 Å². The van der Waals surface area contributed by atoms with E-state index in [9.17, 15) is 9.59 Å². The summed E-state index contributed by atoms with van der Waals surface area (Å²) < 4.78 is 11.8. The summed E-state index contributed by atoms with van der Waals surface area (Å²) in [5.74, 6) is 2.51. The van der Waals surface area contributed by atoms with Crippen molar-refractivity contribution in [3.8, 4) is 0 Å². The molecule has 12 rings (SSSR count). The second kappa shape index (κ2) is 14.2. The van der Waals surface area contributed by atoms with E-state index < -0.39 is 0 Å². The molecule has 4 fully saturated rings. The van der Waals surface area contributed by atoms with Gasteiger partial charge in [-0.15, -0.1) is 0 Å². The van der Waals surface area contributed by atoms with Crippen molar-refractivity contribution >= 4 is 45.3 Å². The van der Waals surface area contributed by atoms with Gasteiger partial charge in [0.1, 0.15) is 23.0 Å². The molecule has 14 heteroatoms. The van der Waals surface area contributed by atoms with Gasteiger partial charge in [-0.05, 0) is 123 Å². The minimum absolute atomic E-state index is 0.0812. The second-order valence-corrected chi connectivity index (χ2v) is 18.4. The lowest BCUT2D eigenvalue weighted by Gasteiger charge is -2.23. The summed E-state index contributed by atoms with van der Waals surface area (Å²) in [7, 11) is 0. The lowest BCUT2D eigenvalue weighted by Crippen LogP contribution is -2.34. The molecule has 2 amide bonds. The fourth-order valence-electron chi connectivity index (χ4n) is 10.3. The van der Waals surface area contributed by atoms with Gasteiger partial charge in [-0.3, -0.25) is 19.6 Å². The molecule has 6 aromatic rings. The Balaban J connectivity index is 0.754. The van der Waals surface area contributed by atoms with Crippen LogP contribution in [0.2, 0.25) is 0 Å². The Bertz CT molecular complexity index is 2830. The smallest absolute Gasteiger partial charge is 0.273 e. The van der Waals surface area contributed by atoms with Crippen LogP contribution in [-0.4, -0.2) is 63.6 Å². The molecule has 0 bridgehead atoms. The molecular formula is C48H48N10O4. The first kappa shape index (κ1) is 37.6. The van der Waals surface area contributed by atoms with Gasteiger partial charge in [-0.25, -0.2) is 19.9 Å². The first-order chi connectivity index (χ1) is 30.2. The zero-order chi connectivity index (χ0) is 42.0. The molecule has 8 heterocycles. The molecule has 4 saturated carbocycles. The van der Waals surface area contributed by atoms with Gasteiger partial charge in [-0.2, -0.15) is 0 Å². The number of hydrogen-bond donors (Lipinski definition) is 2. The van der Waals surface area contributed by atoms with Gasteiger partial charge in [0.05, 0.1) is 73.3 Å². The molecule has 0 aromatic carbocycles. The van der Waals surface area contributed by atoms with Gasteiger partial charge < -0.3 is 30.7 Å². The van der Waals surface area contributed by atoms with Crippen LogP contribution in [0, 0.1) is 11.8 Å². The van der Waals surface area contributed by atoms with E-state index in [4.69, 9.17) is 30.9 Å². The van der Waals surface area contributed by atoms with Crippen LogP contribution in [-0.2, 0) is 35.8 Å². The number of carbonyl (C=O) groups excluding carboxylic acids is 2. The summed E-state index contributed by atoms with van der Waals surface area (Å²) in [4.78, 5) is 60.6. The average Bonchev–Trinajstić information content (AvgIpc) is 4.08. The summed E-state index contributed by atoms with van der Waals surface area (Å²) >= 11 is 0. The molecule has 314 valence electrons. The number of pyridine rings is 6. The van der Waals surface area contributed by atoms with Crippen LogP contribution < -0.4 is 11.5 Å². The zero-order valence-electron chi connectivity index (χ0n) is 34.8. The molecule has 6 aliphatic rings. The van der Waals surface area contributed by atoms with E-state index in [0.29, 0.717) is 84.0 Å². The maximum atomic E-state index is 14.6. The maximum absolute atomic E-state index is 14.6. The molecule has 0 radical (unpaired) electrons. The predicted octanol–water partition coefficient (Wildman–Crippen LogP) is 7.23. The summed E-state index contributed by atoms with van der Waals surface area (Å²) in [5.41, 5.74) is 22.6. The van der Waals surface area contributed by atoms with Gasteiger partial charge in [-0.1, -0.05) is 12.1 Å². The molecule has 2 aliphatic heterocycles. The van der Waals surface area contributed by atoms with E-state index in [-0.39, 0.29) is 36.1 Å². The van der Waals surface area contributed by atoms with Crippen molar-refractivity contribution < 1.29 is 19.1 Å². The van der Waals surface area contributed by atoms with Crippen LogP contribution in [0.3, 0.4) is 0 Å². The second-order valence-electron chi connectivity index (χ2n) is 18.4. The SMILES string of the molecule is C[C@@H]1OCc2c1c(N)nc1cnc(C(=O)N(Cc3ccc(C4CC4C4CC4N(Cc4ccc(C5CC5)cn4)C(=O)c4cc5c6c(c(N)nc5cn4)[C@@H](C)OC6)cn3)C3CC3)cc21. The summed E-state index contributed by atoms with van der Waals surface area (Å²) in [6.07, 6.45) is 13.3. The number of carbonyl (C=O) groups is 2. The lowest BCUT2D eigenvalue weighted by atomic mass is 10.0. The third-order valence-corrected chi connectivity index (χ3v) is 14.2. The van der Waals surface area contributed by atoms with Gasteiger partial charge in [0.25, 0.3) is 11.8 Å². The largest absolute Gasteiger partial charge is 0.383 e. The van der Waals surface area contributed by atoms with Crippen molar-refractivity contribution in [3.05, 3.63) is 117 Å². The number of ether oxygens (including phenoxy) is 2. The number of fused-ring (bicyclic) bond motifs is 6. The standard InChI is InChI=1S/C48H48N10O4/c1-23-43-36(21-61-23)33-12-38(53-17-40(33)55-45(43)49)47(59)57(30-9-10-30)19-28-8-6-27(16-52-28)31-11-32(31)35-14-42(35)58(20-29-7-5-26(15-51-29)25-3-4-25)48(60)39-13-34-37-22-62-24(2)44(37)46(50)56-41(34)18-54-39/h5-8,12-13,15-18,23-25,30-32,35,42H,3-4,9-11,14,19-22H2,1-2H3,(H2,49,55)(H2,50,56)/t23-,24+,31?,32?,35?,42?/m0/s1. The van der Waals surface area contributed by atoms with Crippen molar-refractivity contribution in [3.63, 3.8) is 0 Å². The average molecular weight is 829 g/mol. The first-order valence-electron chi connectivity index (χ1n) is 22.1. The van der Waals surface area contributed by atoms with Gasteiger partial charge >= 0.3 is 0 Å². The summed E-state index contributed by atoms with van der Waals surface area (Å²) in [6.45, 7) is 5.63. The van der Waals surface area contributed by atoms with E-state index in [0.717, 1.165) is 70.1 Å². The van der Waals surface area contributed by atoms with Crippen LogP contribution in [0.25, 0.3) is 21.8 Å². The van der Waals surface area contributed by atoms with E-state index in [1.54, 1.807) is 12.4 Å². The summed E-state index contributed by atoms with van der Waals surface area (Å²) in [6, 6.07) is 12.4. The highest BCUT2D eigenvalue weighted by atomic mass is 16.5. The number of nitrogens with two attached hydrogens (primary N) is 2. The van der Waals surface area contributed by atoms with E-state index in [1.807, 2.05) is 48.2 Å². The predicted molar refractivity (Wildman–Crippen MR) is 230 cm³/mol. The molecule has 4 N–H and O–H groups in total. The normalized spacial score (nSPS) is 24.5. The monoisotopic (exact) mass is 828 g/mol. The van der Waals surface area contributed by atoms with Crippen LogP contribution in [0.5, 0.6) is 0 Å². The maximum Gasteiger partial charge on any atom is 0.273 e. The number of amides is 2. The third-order valence-electron chi connectivity index (χ3n) is 14.2. The molecule has 6 aromatic heterocycles. The van der Waals surface area contributed by atoms with Crippen LogP contribution in [0.4, 0.5) is 11.6 Å². The van der Waals surface area contributed by atoms with Crippen molar-refractivity contribution in [2.75, 3.05) is 11.5 Å². The molecular weight excluding hydrogens is 781 g/mol. The van der Waals surface area contributed by atoms with Gasteiger partial charge in [0.15, 0.2) is 0 Å². The first-order valence-corrected chi connectivity index (χ1v) is 22.1. The van der Waals surface area contributed by atoms with Crippen LogP contribution in [0.15, 0.2) is 61.2 Å². The number of nitrogen functional groups attached to an aromatic ring is 2. The number of nitrogens with zero attached hydrogens (tertiary/aromatic N) is 8. The van der Waals surface area contributed by atoms with Crippen LogP contribution in [0.1, 0.15) is 142 Å². The number of anilines is 2. The number of aromatic nitrogens is 6. The Morgan fingerprint density at radius 1 is 0.661 bits per heavy atom.